The van der Waals surface area contributed by atoms with E-state index in [0.717, 1.165) is 22.8 Å². The predicted molar refractivity (Wildman–Crippen MR) is 87.9 cm³/mol. The fourth-order valence-corrected chi connectivity index (χ4v) is 4.09. The number of hydrogen-bond donors (Lipinski definition) is 1. The topological polar surface area (TPSA) is 38.3 Å². The highest BCUT2D eigenvalue weighted by atomic mass is 35.5. The van der Waals surface area contributed by atoms with E-state index in [4.69, 9.17) is 16.3 Å². The van der Waals surface area contributed by atoms with Gasteiger partial charge in [0.1, 0.15) is 5.54 Å². The smallest absolute Gasteiger partial charge is 0.327 e. The molecular formula is C16H22ClNO2S. The number of benzene rings is 1. The van der Waals surface area contributed by atoms with Crippen LogP contribution < -0.4 is 5.32 Å². The van der Waals surface area contributed by atoms with Crippen LogP contribution in [0.25, 0.3) is 0 Å². The molecular weight excluding hydrogens is 306 g/mol. The van der Waals surface area contributed by atoms with Crippen LogP contribution in [-0.2, 0) is 9.53 Å². The van der Waals surface area contributed by atoms with Crippen LogP contribution in [0, 0.1) is 5.92 Å². The van der Waals surface area contributed by atoms with E-state index >= 15 is 0 Å². The molecule has 0 aliphatic heterocycles. The minimum atomic E-state index is -0.618. The average molecular weight is 328 g/mol. The third kappa shape index (κ3) is 3.93. The van der Waals surface area contributed by atoms with Crippen molar-refractivity contribution in [1.82, 2.24) is 5.32 Å². The van der Waals surface area contributed by atoms with Gasteiger partial charge in [-0.05, 0) is 44.7 Å². The first-order chi connectivity index (χ1) is 9.99. The van der Waals surface area contributed by atoms with Crippen LogP contribution >= 0.6 is 23.4 Å². The molecule has 116 valence electrons. The number of nitrogens with one attached hydrogen (secondary N) is 1. The van der Waals surface area contributed by atoms with Crippen molar-refractivity contribution in [2.75, 3.05) is 12.9 Å². The number of carbonyl (C=O) groups excluding carboxylic acids is 1. The fourth-order valence-electron chi connectivity index (χ4n) is 2.59. The van der Waals surface area contributed by atoms with Crippen molar-refractivity contribution in [3.63, 3.8) is 0 Å². The molecule has 3 nitrogen and oxygen atoms in total. The third-order valence-corrected chi connectivity index (χ3v) is 5.37. The van der Waals surface area contributed by atoms with Gasteiger partial charge in [0.15, 0.2) is 0 Å². The molecule has 1 aliphatic carbocycles. The van der Waals surface area contributed by atoms with Crippen LogP contribution in [0.4, 0.5) is 0 Å². The van der Waals surface area contributed by atoms with Crippen LogP contribution in [0.3, 0.4) is 0 Å². The van der Waals surface area contributed by atoms with E-state index in [0.29, 0.717) is 11.7 Å². The van der Waals surface area contributed by atoms with Gasteiger partial charge in [-0.25, -0.2) is 0 Å². The summed E-state index contributed by atoms with van der Waals surface area (Å²) in [7, 11) is 1.46. The van der Waals surface area contributed by atoms with Gasteiger partial charge in [0.05, 0.1) is 12.1 Å². The van der Waals surface area contributed by atoms with Crippen molar-refractivity contribution in [2.45, 2.75) is 43.2 Å². The Morgan fingerprint density at radius 1 is 1.48 bits per heavy atom. The summed E-state index contributed by atoms with van der Waals surface area (Å²) in [6.07, 6.45) is 2.13. The van der Waals surface area contributed by atoms with Gasteiger partial charge in [0.2, 0.25) is 0 Å². The number of rotatable bonds is 7. The second-order valence-corrected chi connectivity index (χ2v) is 7.18. The second-order valence-electron chi connectivity index (χ2n) is 5.76. The lowest BCUT2D eigenvalue weighted by Gasteiger charge is -2.34. The van der Waals surface area contributed by atoms with Crippen LogP contribution in [0.15, 0.2) is 29.2 Å². The van der Waals surface area contributed by atoms with E-state index in [1.54, 1.807) is 11.8 Å². The van der Waals surface area contributed by atoms with E-state index < -0.39 is 5.54 Å². The van der Waals surface area contributed by atoms with Crippen molar-refractivity contribution in [3.05, 3.63) is 29.3 Å². The molecule has 0 saturated heterocycles. The predicted octanol–water partition coefficient (Wildman–Crippen LogP) is 3.75. The van der Waals surface area contributed by atoms with E-state index in [2.05, 4.69) is 19.2 Å². The maximum Gasteiger partial charge on any atom is 0.327 e. The van der Waals surface area contributed by atoms with Gasteiger partial charge in [-0.1, -0.05) is 23.7 Å². The molecule has 2 rings (SSSR count). The lowest BCUT2D eigenvalue weighted by Crippen LogP contribution is -2.59. The average Bonchev–Trinajstić information content (AvgIpc) is 3.28. The van der Waals surface area contributed by atoms with Gasteiger partial charge < -0.3 is 4.74 Å². The first-order valence-corrected chi connectivity index (χ1v) is 8.59. The number of methoxy groups -OCH3 is 1. The number of hydrogen-bond acceptors (Lipinski definition) is 4. The molecule has 1 unspecified atom stereocenters. The minimum absolute atomic E-state index is 0.168. The quantitative estimate of drug-likeness (QED) is 0.611. The zero-order valence-corrected chi connectivity index (χ0v) is 14.3. The first kappa shape index (κ1) is 16.7. The van der Waals surface area contributed by atoms with Gasteiger partial charge in [-0.2, -0.15) is 0 Å². The van der Waals surface area contributed by atoms with Gasteiger partial charge in [-0.3, -0.25) is 10.1 Å². The van der Waals surface area contributed by atoms with Crippen LogP contribution in [-0.4, -0.2) is 30.4 Å². The Morgan fingerprint density at radius 2 is 2.14 bits per heavy atom. The molecule has 0 heterocycles. The van der Waals surface area contributed by atoms with Gasteiger partial charge in [0.25, 0.3) is 0 Å². The summed E-state index contributed by atoms with van der Waals surface area (Å²) < 4.78 is 5.09. The number of esters is 1. The Labute approximate surface area is 135 Å². The molecule has 0 radical (unpaired) electrons. The zero-order chi connectivity index (χ0) is 15.5. The monoisotopic (exact) mass is 327 g/mol. The maximum absolute atomic E-state index is 12.4. The Morgan fingerprint density at radius 3 is 2.67 bits per heavy atom. The second kappa shape index (κ2) is 7.03. The highest BCUT2D eigenvalue weighted by molar-refractivity contribution is 7.99. The first-order valence-electron chi connectivity index (χ1n) is 7.23. The maximum atomic E-state index is 12.4. The molecule has 1 N–H and O–H groups in total. The standard InChI is InChI=1S/C16H22ClNO2S/c1-11(2)18-16(12-8-9-12,15(19)20-3)10-21-14-7-5-4-6-13(14)17/h4-7,11-12,18H,8-10H2,1-3H3. The fraction of sp³-hybridized carbons (Fsp3) is 0.562. The van der Waals surface area contributed by atoms with Crippen LogP contribution in [0.5, 0.6) is 0 Å². The van der Waals surface area contributed by atoms with Crippen LogP contribution in [0.1, 0.15) is 26.7 Å². The van der Waals surface area contributed by atoms with Gasteiger partial charge >= 0.3 is 5.97 Å². The number of carbonyl (C=O) groups is 1. The van der Waals surface area contributed by atoms with Gasteiger partial charge in [0, 0.05) is 16.7 Å². The Hall–Kier alpha value is -0.710. The number of thioether (sulfide) groups is 1. The molecule has 0 bridgehead atoms. The summed E-state index contributed by atoms with van der Waals surface area (Å²) in [5.41, 5.74) is -0.618. The molecule has 0 spiro atoms. The van der Waals surface area contributed by atoms with Crippen molar-refractivity contribution in [3.8, 4) is 0 Å². The molecule has 1 aromatic carbocycles. The summed E-state index contributed by atoms with van der Waals surface area (Å²) in [5, 5.41) is 4.18. The Bertz CT molecular complexity index is 505. The van der Waals surface area contributed by atoms with Crippen molar-refractivity contribution in [2.24, 2.45) is 5.92 Å². The summed E-state index contributed by atoms with van der Waals surface area (Å²) >= 11 is 7.82. The highest BCUT2D eigenvalue weighted by Crippen LogP contribution is 2.44. The molecule has 0 aromatic heterocycles. The number of ether oxygens (including phenoxy) is 1. The lowest BCUT2D eigenvalue weighted by molar-refractivity contribution is -0.148. The van der Waals surface area contributed by atoms with Gasteiger partial charge in [-0.15, -0.1) is 11.8 Å². The van der Waals surface area contributed by atoms with Crippen molar-refractivity contribution >= 4 is 29.3 Å². The zero-order valence-electron chi connectivity index (χ0n) is 12.7. The summed E-state index contributed by atoms with van der Waals surface area (Å²) in [6.45, 7) is 4.11. The molecule has 1 aliphatic rings. The summed E-state index contributed by atoms with van der Waals surface area (Å²) in [4.78, 5) is 13.4. The van der Waals surface area contributed by atoms with E-state index in [-0.39, 0.29) is 12.0 Å². The molecule has 1 fully saturated rings. The lowest BCUT2D eigenvalue weighted by atomic mass is 9.94. The SMILES string of the molecule is COC(=O)C(CSc1ccccc1Cl)(NC(C)C)C1CC1. The molecule has 21 heavy (non-hydrogen) atoms. The largest absolute Gasteiger partial charge is 0.468 e. The molecule has 1 aromatic rings. The normalized spacial score (nSPS) is 17.6. The van der Waals surface area contributed by atoms with E-state index in [9.17, 15) is 4.79 Å². The van der Waals surface area contributed by atoms with Crippen molar-refractivity contribution in [1.29, 1.82) is 0 Å². The van der Waals surface area contributed by atoms with E-state index in [1.807, 2.05) is 24.3 Å². The highest BCUT2D eigenvalue weighted by Gasteiger charge is 2.52. The van der Waals surface area contributed by atoms with E-state index in [1.165, 1.54) is 7.11 Å². The van der Waals surface area contributed by atoms with Crippen molar-refractivity contribution < 1.29 is 9.53 Å². The number of halogens is 1. The molecule has 1 saturated carbocycles. The molecule has 1 atom stereocenters. The van der Waals surface area contributed by atoms with Crippen LogP contribution in [0.2, 0.25) is 5.02 Å². The Kier molecular flexibility index (Phi) is 5.58. The molecule has 5 heteroatoms. The minimum Gasteiger partial charge on any atom is -0.468 e. The third-order valence-electron chi connectivity index (χ3n) is 3.66. The summed E-state index contributed by atoms with van der Waals surface area (Å²) in [6, 6.07) is 7.94. The molecule has 0 amide bonds. The Balaban J connectivity index is 2.19. The summed E-state index contributed by atoms with van der Waals surface area (Å²) in [5.74, 6) is 0.812.